The summed E-state index contributed by atoms with van der Waals surface area (Å²) in [6, 6.07) is 20.1. The van der Waals surface area contributed by atoms with Crippen molar-refractivity contribution in [1.82, 2.24) is 4.57 Å². The van der Waals surface area contributed by atoms with E-state index in [9.17, 15) is 0 Å². The Hall–Kier alpha value is -3.22. The summed E-state index contributed by atoms with van der Waals surface area (Å²) in [5.41, 5.74) is 5.36. The molecule has 1 aromatic heterocycles. The van der Waals surface area contributed by atoms with Gasteiger partial charge in [0.05, 0.1) is 7.11 Å². The predicted octanol–water partition coefficient (Wildman–Crippen LogP) is 2.04. The molecule has 0 saturated carbocycles. The van der Waals surface area contributed by atoms with Crippen molar-refractivity contribution in [1.29, 1.82) is 0 Å². The van der Waals surface area contributed by atoms with E-state index in [1.165, 1.54) is 59.1 Å². The van der Waals surface area contributed by atoms with Crippen LogP contribution in [0.25, 0.3) is 21.8 Å². The van der Waals surface area contributed by atoms with E-state index in [2.05, 4.69) is 66.1 Å². The van der Waals surface area contributed by atoms with E-state index >= 15 is 0 Å². The molecule has 6 heteroatoms. The van der Waals surface area contributed by atoms with Crippen molar-refractivity contribution in [2.45, 2.75) is 26.6 Å². The van der Waals surface area contributed by atoms with Gasteiger partial charge >= 0.3 is 0 Å². The fraction of sp³-hybridized carbons (Fsp3) is 0.357. The average molecular weight is 460 g/mol. The number of hydrogen-bond acceptors (Lipinski definition) is 3. The lowest BCUT2D eigenvalue weighted by molar-refractivity contribution is -1.02. The first-order valence-corrected chi connectivity index (χ1v) is 12.4. The van der Waals surface area contributed by atoms with Gasteiger partial charge in [0.1, 0.15) is 39.3 Å². The number of aryl methyl sites for hydroxylation is 1. The molecule has 176 valence electrons. The molecular formula is C28H33N3O3+2. The van der Waals surface area contributed by atoms with Crippen LogP contribution in [0.3, 0.4) is 0 Å². The summed E-state index contributed by atoms with van der Waals surface area (Å²) in [5.74, 6) is 2.31. The number of fused-ring (bicyclic) bond motifs is 4. The third-order valence-corrected chi connectivity index (χ3v) is 7.44. The molecule has 3 heterocycles. The second kappa shape index (κ2) is 8.85. The van der Waals surface area contributed by atoms with Crippen molar-refractivity contribution < 1.29 is 24.0 Å². The first kappa shape index (κ1) is 21.3. The smallest absolute Gasteiger partial charge is 0.231 e. The summed E-state index contributed by atoms with van der Waals surface area (Å²) in [7, 11) is 1.69. The van der Waals surface area contributed by atoms with E-state index in [0.717, 1.165) is 36.9 Å². The molecule has 6 rings (SSSR count). The third kappa shape index (κ3) is 3.77. The maximum atomic E-state index is 5.60. The molecule has 0 atom stereocenters. The largest absolute Gasteiger partial charge is 0.493 e. The number of benzene rings is 3. The Morgan fingerprint density at radius 1 is 0.824 bits per heavy atom. The van der Waals surface area contributed by atoms with Gasteiger partial charge in [0.25, 0.3) is 0 Å². The molecular weight excluding hydrogens is 426 g/mol. The fourth-order valence-corrected chi connectivity index (χ4v) is 5.73. The lowest BCUT2D eigenvalue weighted by Gasteiger charge is -2.30. The number of ether oxygens (including phenoxy) is 3. The van der Waals surface area contributed by atoms with Crippen LogP contribution in [-0.4, -0.2) is 44.6 Å². The highest BCUT2D eigenvalue weighted by atomic mass is 16.7. The summed E-state index contributed by atoms with van der Waals surface area (Å²) in [6.07, 6.45) is 0. The van der Waals surface area contributed by atoms with Gasteiger partial charge in [-0.25, -0.2) is 0 Å². The van der Waals surface area contributed by atoms with Crippen LogP contribution in [0.2, 0.25) is 0 Å². The first-order valence-electron chi connectivity index (χ1n) is 12.4. The monoisotopic (exact) mass is 459 g/mol. The zero-order valence-electron chi connectivity index (χ0n) is 20.0. The molecule has 1 fully saturated rings. The number of para-hydroxylation sites is 1. The summed E-state index contributed by atoms with van der Waals surface area (Å²) in [6.45, 7) is 10.3. The summed E-state index contributed by atoms with van der Waals surface area (Å²) >= 11 is 0. The molecule has 34 heavy (non-hydrogen) atoms. The SMILES string of the molecule is CCn1c2ccccc2c2cc(C[NH+]3CC[NH+](Cc4cc(OC)c5c(c4)OCO5)CC3)ccc21. The molecule has 2 N–H and O–H groups in total. The second-order valence-corrected chi connectivity index (χ2v) is 9.50. The summed E-state index contributed by atoms with van der Waals surface area (Å²) in [4.78, 5) is 3.29. The number of nitrogens with one attached hydrogen (secondary N) is 2. The number of piperazine rings is 1. The molecule has 2 aliphatic rings. The Morgan fingerprint density at radius 3 is 2.32 bits per heavy atom. The highest BCUT2D eigenvalue weighted by Crippen LogP contribution is 2.41. The molecule has 6 nitrogen and oxygen atoms in total. The van der Waals surface area contributed by atoms with Crippen molar-refractivity contribution in [2.75, 3.05) is 40.1 Å². The van der Waals surface area contributed by atoms with E-state index in [0.29, 0.717) is 0 Å². The quantitative estimate of drug-likeness (QED) is 0.464. The number of rotatable bonds is 6. The van der Waals surface area contributed by atoms with Crippen LogP contribution in [0.4, 0.5) is 0 Å². The highest BCUT2D eigenvalue weighted by Gasteiger charge is 2.26. The number of quaternary nitrogens is 2. The van der Waals surface area contributed by atoms with Crippen LogP contribution in [0, 0.1) is 0 Å². The highest BCUT2D eigenvalue weighted by molar-refractivity contribution is 6.08. The fourth-order valence-electron chi connectivity index (χ4n) is 5.73. The Kier molecular flexibility index (Phi) is 5.55. The molecule has 4 aromatic rings. The Labute approximate surface area is 200 Å². The van der Waals surface area contributed by atoms with E-state index in [-0.39, 0.29) is 6.79 Å². The molecule has 0 unspecified atom stereocenters. The minimum Gasteiger partial charge on any atom is -0.493 e. The first-order chi connectivity index (χ1) is 16.7. The maximum absolute atomic E-state index is 5.60. The minimum atomic E-state index is 0.273. The number of nitrogens with zero attached hydrogens (tertiary/aromatic N) is 1. The van der Waals surface area contributed by atoms with Gasteiger partial charge in [-0.05, 0) is 37.3 Å². The van der Waals surface area contributed by atoms with E-state index < -0.39 is 0 Å². The van der Waals surface area contributed by atoms with Crippen LogP contribution >= 0.6 is 0 Å². The predicted molar refractivity (Wildman–Crippen MR) is 133 cm³/mol. The second-order valence-electron chi connectivity index (χ2n) is 9.50. The van der Waals surface area contributed by atoms with Gasteiger partial charge in [0, 0.05) is 39.5 Å². The van der Waals surface area contributed by atoms with Crippen molar-refractivity contribution in [3.8, 4) is 17.2 Å². The van der Waals surface area contributed by atoms with Gasteiger partial charge in [0.15, 0.2) is 11.5 Å². The zero-order chi connectivity index (χ0) is 23.1. The van der Waals surface area contributed by atoms with E-state index in [4.69, 9.17) is 14.2 Å². The van der Waals surface area contributed by atoms with Gasteiger partial charge in [-0.3, -0.25) is 0 Å². The van der Waals surface area contributed by atoms with Gasteiger partial charge in [-0.2, -0.15) is 0 Å². The van der Waals surface area contributed by atoms with Gasteiger partial charge in [-0.15, -0.1) is 0 Å². The van der Waals surface area contributed by atoms with Crippen molar-refractivity contribution in [2.24, 2.45) is 0 Å². The van der Waals surface area contributed by atoms with Crippen LogP contribution in [-0.2, 0) is 19.6 Å². The molecule has 0 amide bonds. The maximum Gasteiger partial charge on any atom is 0.231 e. The van der Waals surface area contributed by atoms with E-state index in [1.54, 1.807) is 16.9 Å². The van der Waals surface area contributed by atoms with Crippen LogP contribution in [0.1, 0.15) is 18.1 Å². The normalized spacial score (nSPS) is 19.7. The van der Waals surface area contributed by atoms with Gasteiger partial charge < -0.3 is 28.6 Å². The van der Waals surface area contributed by atoms with Crippen LogP contribution in [0.15, 0.2) is 54.6 Å². The minimum absolute atomic E-state index is 0.273. The van der Waals surface area contributed by atoms with Crippen molar-refractivity contribution in [3.05, 3.63) is 65.7 Å². The molecule has 0 spiro atoms. The van der Waals surface area contributed by atoms with Crippen molar-refractivity contribution in [3.63, 3.8) is 0 Å². The topological polar surface area (TPSA) is 41.5 Å². The lowest BCUT2D eigenvalue weighted by Crippen LogP contribution is -3.27. The molecule has 1 saturated heterocycles. The van der Waals surface area contributed by atoms with Gasteiger partial charge in [0.2, 0.25) is 12.5 Å². The standard InChI is InChI=1S/C28H31N3O3/c1-3-31-24-7-5-4-6-22(24)23-14-20(8-9-25(23)31)17-29-10-12-30(13-11-29)18-21-15-26(32-2)28-27(16-21)33-19-34-28/h4-9,14-16H,3,10-13,17-19H2,1-2H3/p+2. The number of methoxy groups -OCH3 is 1. The average Bonchev–Trinajstić information content (AvgIpc) is 3.47. The Bertz CT molecular complexity index is 1340. The number of hydrogen-bond donors (Lipinski definition) is 2. The molecule has 0 aliphatic carbocycles. The Morgan fingerprint density at radius 2 is 1.56 bits per heavy atom. The lowest BCUT2D eigenvalue weighted by atomic mass is 10.1. The molecule has 3 aromatic carbocycles. The summed E-state index contributed by atoms with van der Waals surface area (Å²) in [5, 5.41) is 2.75. The molecule has 0 bridgehead atoms. The number of aromatic nitrogens is 1. The van der Waals surface area contributed by atoms with Crippen LogP contribution in [0.5, 0.6) is 17.2 Å². The third-order valence-electron chi connectivity index (χ3n) is 7.44. The van der Waals surface area contributed by atoms with Crippen LogP contribution < -0.4 is 24.0 Å². The van der Waals surface area contributed by atoms with E-state index in [1.807, 2.05) is 0 Å². The van der Waals surface area contributed by atoms with Gasteiger partial charge in [-0.1, -0.05) is 24.3 Å². The van der Waals surface area contributed by atoms with Crippen molar-refractivity contribution >= 4 is 21.8 Å². The molecule has 2 aliphatic heterocycles. The Balaban J connectivity index is 1.13. The summed E-state index contributed by atoms with van der Waals surface area (Å²) < 4.78 is 19.1. The molecule has 0 radical (unpaired) electrons. The zero-order valence-corrected chi connectivity index (χ0v) is 20.0.